The van der Waals surface area contributed by atoms with Crippen molar-refractivity contribution in [3.63, 3.8) is 0 Å². The Labute approximate surface area is 147 Å². The fourth-order valence-corrected chi connectivity index (χ4v) is 5.33. The van der Waals surface area contributed by atoms with Crippen molar-refractivity contribution in [3.05, 3.63) is 59.9 Å². The number of methoxy groups -OCH3 is 1. The molecule has 1 aromatic carbocycles. The van der Waals surface area contributed by atoms with E-state index < -0.39 is 0 Å². The Hall–Kier alpha value is -2.36. The predicted molar refractivity (Wildman–Crippen MR) is 97.8 cm³/mol. The van der Waals surface area contributed by atoms with Gasteiger partial charge in [-0.25, -0.2) is 0 Å². The van der Waals surface area contributed by atoms with Gasteiger partial charge < -0.3 is 0 Å². The van der Waals surface area contributed by atoms with Gasteiger partial charge in [-0.05, 0) is 0 Å². The summed E-state index contributed by atoms with van der Waals surface area (Å²) in [5.74, 6) is 2.72. The van der Waals surface area contributed by atoms with Gasteiger partial charge in [-0.3, -0.25) is 0 Å². The van der Waals surface area contributed by atoms with E-state index in [-0.39, 0.29) is 15.0 Å². The molecule has 4 rings (SSSR count). The van der Waals surface area contributed by atoms with E-state index in [1.54, 1.807) is 7.11 Å². The molecule has 1 aliphatic heterocycles. The molecule has 0 saturated heterocycles. The van der Waals surface area contributed by atoms with Crippen LogP contribution in [0.2, 0.25) is 0 Å². The first kappa shape index (κ1) is 15.2. The number of para-hydroxylation sites is 2. The van der Waals surface area contributed by atoms with Crippen LogP contribution in [-0.2, 0) is 0 Å². The number of hydrogen-bond acceptors (Lipinski definition) is 4. The Morgan fingerprint density at radius 1 is 0.917 bits per heavy atom. The average molecular weight is 382 g/mol. The van der Waals surface area contributed by atoms with Crippen LogP contribution in [0.25, 0.3) is 0 Å². The van der Waals surface area contributed by atoms with Crippen molar-refractivity contribution in [2.24, 2.45) is 0 Å². The summed E-state index contributed by atoms with van der Waals surface area (Å²) in [6.07, 6.45) is 3.83. The van der Waals surface area contributed by atoms with E-state index >= 15 is 0 Å². The molecule has 0 radical (unpaired) electrons. The molecule has 0 unspecified atom stereocenters. The number of pyridine rings is 2. The molecule has 0 N–H and O–H groups in total. The zero-order valence-corrected chi connectivity index (χ0v) is 15.5. The molecule has 4 nitrogen and oxygen atoms in total. The Kier molecular flexibility index (Phi) is 3.75. The van der Waals surface area contributed by atoms with E-state index in [4.69, 9.17) is 14.7 Å². The van der Waals surface area contributed by atoms with Crippen molar-refractivity contribution in [3.8, 4) is 5.75 Å². The Morgan fingerprint density at radius 2 is 1.50 bits per heavy atom. The maximum atomic E-state index is 5.58. The molecule has 0 spiro atoms. The molecule has 0 aliphatic carbocycles. The van der Waals surface area contributed by atoms with Crippen LogP contribution in [0, 0.1) is 13.8 Å². The van der Waals surface area contributed by atoms with Crippen molar-refractivity contribution >= 4 is 41.2 Å². The normalized spacial score (nSPS) is 12.5. The molecule has 2 aromatic heterocycles. The summed E-state index contributed by atoms with van der Waals surface area (Å²) in [5, 5.41) is 0. The summed E-state index contributed by atoms with van der Waals surface area (Å²) in [6.45, 7) is 4.17. The van der Waals surface area contributed by atoms with Crippen molar-refractivity contribution in [1.82, 2.24) is 9.97 Å². The summed E-state index contributed by atoms with van der Waals surface area (Å²) in [6, 6.07) is 12.5. The number of benzene rings is 1. The molecule has 0 atom stereocenters. The molecule has 24 heavy (non-hydrogen) atoms. The number of ether oxygens (including phenoxy) is 1. The minimum atomic E-state index is 0.196. The average Bonchev–Trinajstić information content (AvgIpc) is 2.59. The fraction of sp³-hybridized carbons (Fsp3) is 0.158. The molecule has 1 aliphatic rings. The van der Waals surface area contributed by atoms with Gasteiger partial charge in [0.1, 0.15) is 0 Å². The number of nitrogens with zero attached hydrogens (tertiary/aromatic N) is 3. The van der Waals surface area contributed by atoms with Crippen molar-refractivity contribution < 1.29 is 4.74 Å². The minimum absolute atomic E-state index is 0.196. The molecule has 120 valence electrons. The van der Waals surface area contributed by atoms with Crippen molar-refractivity contribution in [2.45, 2.75) is 13.8 Å². The van der Waals surface area contributed by atoms with Gasteiger partial charge in [0, 0.05) is 0 Å². The zero-order valence-electron chi connectivity index (χ0n) is 13.8. The van der Waals surface area contributed by atoms with Gasteiger partial charge in [0.15, 0.2) is 0 Å². The molecule has 0 bridgehead atoms. The first-order valence-electron chi connectivity index (χ1n) is 7.71. The van der Waals surface area contributed by atoms with Gasteiger partial charge in [-0.1, -0.05) is 0 Å². The number of aromatic nitrogens is 2. The monoisotopic (exact) mass is 383 g/mol. The van der Waals surface area contributed by atoms with E-state index in [0.717, 1.165) is 23.1 Å². The second-order valence-electron chi connectivity index (χ2n) is 5.78. The summed E-state index contributed by atoms with van der Waals surface area (Å²) < 4.78 is 8.13. The van der Waals surface area contributed by atoms with Gasteiger partial charge in [0.25, 0.3) is 0 Å². The Bertz CT molecular complexity index is 875. The van der Waals surface area contributed by atoms with E-state index in [0.29, 0.717) is 0 Å². The molecule has 0 amide bonds. The number of rotatable bonds is 2. The van der Waals surface area contributed by atoms with E-state index in [1.807, 2.05) is 36.7 Å². The van der Waals surface area contributed by atoms with Crippen LogP contribution in [0.1, 0.15) is 11.1 Å². The number of hydrogen-bond donors (Lipinski definition) is 0. The van der Waals surface area contributed by atoms with Crippen molar-refractivity contribution in [2.75, 3.05) is 12.0 Å². The zero-order chi connectivity index (χ0) is 16.7. The Balaban J connectivity index is 1.99. The number of aryl methyl sites for hydroxylation is 2. The quantitative estimate of drug-likeness (QED) is 0.500. The van der Waals surface area contributed by atoms with Gasteiger partial charge in [-0.2, -0.15) is 0 Å². The predicted octanol–water partition coefficient (Wildman–Crippen LogP) is 2.54. The van der Waals surface area contributed by atoms with E-state index in [1.165, 1.54) is 20.1 Å². The van der Waals surface area contributed by atoms with Crippen LogP contribution in [0.15, 0.2) is 48.8 Å². The van der Waals surface area contributed by atoms with Gasteiger partial charge in [0.05, 0.1) is 0 Å². The summed E-state index contributed by atoms with van der Waals surface area (Å²) in [4.78, 5) is 11.6. The Morgan fingerprint density at radius 3 is 2.08 bits per heavy atom. The third-order valence-electron chi connectivity index (χ3n) is 3.91. The summed E-state index contributed by atoms with van der Waals surface area (Å²) in [7, 11) is 1.69. The standard InChI is InChI=1S/C19H17N3OSe/c1-12-8-16-18(20-10-12)22(14-6-4-5-7-15(14)23-3)19-17(24-16)9-13(2)11-21-19/h4-11H,1-3H3. The van der Waals surface area contributed by atoms with Crippen molar-refractivity contribution in [1.29, 1.82) is 0 Å². The summed E-state index contributed by atoms with van der Waals surface area (Å²) >= 11 is 0.196. The van der Waals surface area contributed by atoms with Crippen LogP contribution in [0.5, 0.6) is 5.75 Å². The van der Waals surface area contributed by atoms with Crippen LogP contribution >= 0.6 is 0 Å². The topological polar surface area (TPSA) is 38.2 Å². The third-order valence-corrected chi connectivity index (χ3v) is 6.09. The van der Waals surface area contributed by atoms with Gasteiger partial charge in [-0.15, -0.1) is 0 Å². The number of anilines is 3. The fourth-order valence-electron chi connectivity index (χ4n) is 2.82. The second-order valence-corrected chi connectivity index (χ2v) is 8.05. The van der Waals surface area contributed by atoms with Gasteiger partial charge in [0.2, 0.25) is 0 Å². The molecule has 3 aromatic rings. The molecular formula is C19H17N3OSe. The van der Waals surface area contributed by atoms with Gasteiger partial charge >= 0.3 is 147 Å². The first-order chi connectivity index (χ1) is 11.7. The molecule has 5 heteroatoms. The molecular weight excluding hydrogens is 365 g/mol. The third kappa shape index (κ3) is 2.46. The number of fused-ring (bicyclic) bond motifs is 2. The first-order valence-corrected chi connectivity index (χ1v) is 9.43. The van der Waals surface area contributed by atoms with Crippen LogP contribution < -0.4 is 18.6 Å². The second kappa shape index (κ2) is 5.93. The van der Waals surface area contributed by atoms with Crippen LogP contribution in [0.4, 0.5) is 17.3 Å². The van der Waals surface area contributed by atoms with E-state index in [9.17, 15) is 0 Å². The molecule has 3 heterocycles. The molecule has 0 saturated carbocycles. The maximum absolute atomic E-state index is 5.58. The van der Waals surface area contributed by atoms with E-state index in [2.05, 4.69) is 30.9 Å². The molecule has 0 fully saturated rings. The summed E-state index contributed by atoms with van der Waals surface area (Å²) in [5.41, 5.74) is 3.32. The van der Waals surface area contributed by atoms with Crippen LogP contribution in [0.3, 0.4) is 0 Å². The SMILES string of the molecule is COc1ccccc1N1c2ncc(C)cc2[Se]c2cc(C)cnc21. The van der Waals surface area contributed by atoms with Crippen LogP contribution in [-0.4, -0.2) is 32.0 Å².